The molecular formula is C16H13ClFN3O3. The first-order valence-corrected chi connectivity index (χ1v) is 7.40. The van der Waals surface area contributed by atoms with Crippen molar-refractivity contribution in [2.75, 3.05) is 18.7 Å². The van der Waals surface area contributed by atoms with Gasteiger partial charge in [-0.3, -0.25) is 4.79 Å². The van der Waals surface area contributed by atoms with E-state index >= 15 is 0 Å². The Kier molecular flexibility index (Phi) is 4.81. The quantitative estimate of drug-likeness (QED) is 0.643. The summed E-state index contributed by atoms with van der Waals surface area (Å²) in [6.45, 7) is 0.149. The molecule has 0 radical (unpaired) electrons. The third kappa shape index (κ3) is 3.94. The fourth-order valence-electron chi connectivity index (χ4n) is 2.00. The Labute approximate surface area is 142 Å². The van der Waals surface area contributed by atoms with E-state index < -0.39 is 0 Å². The standard InChI is InChI=1S/C16H13ClFN3O3/c17-13-6-15-14(23-9-24-15)5-10(13)7-20-21-16(22)8-19-12-3-1-11(18)2-4-12/h1-7,19H,8-9H2,(H,21,22)/b20-7-. The van der Waals surface area contributed by atoms with Crippen LogP contribution in [0.1, 0.15) is 5.56 Å². The lowest BCUT2D eigenvalue weighted by molar-refractivity contribution is -0.119. The van der Waals surface area contributed by atoms with Gasteiger partial charge in [0.15, 0.2) is 11.5 Å². The monoisotopic (exact) mass is 349 g/mol. The van der Waals surface area contributed by atoms with E-state index in [1.54, 1.807) is 12.1 Å². The number of amides is 1. The molecule has 0 saturated heterocycles. The lowest BCUT2D eigenvalue weighted by Gasteiger charge is -2.05. The van der Waals surface area contributed by atoms with Crippen LogP contribution in [0.5, 0.6) is 11.5 Å². The minimum Gasteiger partial charge on any atom is -0.454 e. The zero-order chi connectivity index (χ0) is 16.9. The van der Waals surface area contributed by atoms with Crippen molar-refractivity contribution in [2.24, 2.45) is 5.10 Å². The van der Waals surface area contributed by atoms with Crippen LogP contribution in [0.3, 0.4) is 0 Å². The predicted octanol–water partition coefficient (Wildman–Crippen LogP) is 2.77. The predicted molar refractivity (Wildman–Crippen MR) is 88.2 cm³/mol. The molecule has 24 heavy (non-hydrogen) atoms. The Morgan fingerprint density at radius 3 is 2.71 bits per heavy atom. The number of nitrogens with zero attached hydrogens (tertiary/aromatic N) is 1. The Hall–Kier alpha value is -2.80. The molecule has 1 aliphatic rings. The second-order valence-corrected chi connectivity index (χ2v) is 5.29. The van der Waals surface area contributed by atoms with Gasteiger partial charge in [0.1, 0.15) is 5.82 Å². The molecule has 0 fully saturated rings. The number of anilines is 1. The van der Waals surface area contributed by atoms with Crippen LogP contribution < -0.4 is 20.2 Å². The fourth-order valence-corrected chi connectivity index (χ4v) is 2.20. The molecule has 6 nitrogen and oxygen atoms in total. The van der Waals surface area contributed by atoms with Gasteiger partial charge in [0, 0.05) is 17.3 Å². The number of benzene rings is 2. The van der Waals surface area contributed by atoms with Crippen molar-refractivity contribution < 1.29 is 18.7 Å². The second-order valence-electron chi connectivity index (χ2n) is 4.88. The van der Waals surface area contributed by atoms with E-state index in [9.17, 15) is 9.18 Å². The fraction of sp³-hybridized carbons (Fsp3) is 0.125. The Morgan fingerprint density at radius 2 is 1.96 bits per heavy atom. The SMILES string of the molecule is O=C(CNc1ccc(F)cc1)N/N=C\c1cc2c(cc1Cl)OCO2. The molecule has 0 unspecified atom stereocenters. The van der Waals surface area contributed by atoms with Crippen molar-refractivity contribution in [3.05, 3.63) is 52.8 Å². The van der Waals surface area contributed by atoms with Gasteiger partial charge in [0.25, 0.3) is 5.91 Å². The van der Waals surface area contributed by atoms with Crippen LogP contribution in [-0.2, 0) is 4.79 Å². The molecule has 124 valence electrons. The molecule has 1 amide bonds. The summed E-state index contributed by atoms with van der Waals surface area (Å²) in [5.41, 5.74) is 3.60. The van der Waals surface area contributed by atoms with E-state index in [0.717, 1.165) is 0 Å². The van der Waals surface area contributed by atoms with Crippen LogP contribution >= 0.6 is 11.6 Å². The summed E-state index contributed by atoms with van der Waals surface area (Å²) in [4.78, 5) is 11.7. The Balaban J connectivity index is 1.52. The number of carbonyl (C=O) groups excluding carboxylic acids is 1. The second kappa shape index (κ2) is 7.18. The summed E-state index contributed by atoms with van der Waals surface area (Å²) in [6, 6.07) is 9.00. The molecule has 1 aliphatic heterocycles. The van der Waals surface area contributed by atoms with Gasteiger partial charge >= 0.3 is 0 Å². The molecule has 8 heteroatoms. The molecule has 0 aromatic heterocycles. The van der Waals surface area contributed by atoms with Crippen LogP contribution in [0.4, 0.5) is 10.1 Å². The van der Waals surface area contributed by atoms with Crippen LogP contribution in [0, 0.1) is 5.82 Å². The zero-order valence-corrected chi connectivity index (χ0v) is 13.1. The molecule has 1 heterocycles. The van der Waals surface area contributed by atoms with Gasteiger partial charge in [-0.25, -0.2) is 9.82 Å². The van der Waals surface area contributed by atoms with E-state index in [0.29, 0.717) is 27.8 Å². The molecule has 2 aromatic rings. The van der Waals surface area contributed by atoms with Crippen molar-refractivity contribution in [1.29, 1.82) is 0 Å². The molecule has 0 aliphatic carbocycles. The van der Waals surface area contributed by atoms with E-state index in [1.807, 2.05) is 0 Å². The number of nitrogens with one attached hydrogen (secondary N) is 2. The molecule has 0 bridgehead atoms. The Bertz CT molecular complexity index is 781. The molecule has 0 atom stereocenters. The molecule has 0 spiro atoms. The number of rotatable bonds is 5. The van der Waals surface area contributed by atoms with Crippen molar-refractivity contribution in [3.63, 3.8) is 0 Å². The van der Waals surface area contributed by atoms with Gasteiger partial charge in [-0.1, -0.05) is 11.6 Å². The van der Waals surface area contributed by atoms with Gasteiger partial charge in [-0.05, 0) is 30.3 Å². The number of fused-ring (bicyclic) bond motifs is 1. The minimum atomic E-state index is -0.354. The number of carbonyl (C=O) groups is 1. The largest absolute Gasteiger partial charge is 0.454 e. The zero-order valence-electron chi connectivity index (χ0n) is 12.4. The topological polar surface area (TPSA) is 72.0 Å². The maximum Gasteiger partial charge on any atom is 0.259 e. The first kappa shape index (κ1) is 16.1. The molecular weight excluding hydrogens is 337 g/mol. The van der Waals surface area contributed by atoms with E-state index in [-0.39, 0.29) is 25.1 Å². The molecule has 0 saturated carbocycles. The van der Waals surface area contributed by atoms with Gasteiger partial charge in [-0.2, -0.15) is 5.10 Å². The summed E-state index contributed by atoms with van der Waals surface area (Å²) >= 11 is 6.09. The molecule has 2 N–H and O–H groups in total. The van der Waals surface area contributed by atoms with Crippen molar-refractivity contribution in [2.45, 2.75) is 0 Å². The Morgan fingerprint density at radius 1 is 1.25 bits per heavy atom. The molecule has 2 aromatic carbocycles. The van der Waals surface area contributed by atoms with Crippen molar-refractivity contribution in [3.8, 4) is 11.5 Å². The van der Waals surface area contributed by atoms with Gasteiger partial charge in [0.2, 0.25) is 6.79 Å². The van der Waals surface area contributed by atoms with Gasteiger partial charge < -0.3 is 14.8 Å². The van der Waals surface area contributed by atoms with Crippen LogP contribution in [0.2, 0.25) is 5.02 Å². The highest BCUT2D eigenvalue weighted by Gasteiger charge is 2.15. The summed E-state index contributed by atoms with van der Waals surface area (Å²) in [7, 11) is 0. The van der Waals surface area contributed by atoms with Crippen molar-refractivity contribution >= 4 is 29.4 Å². The summed E-state index contributed by atoms with van der Waals surface area (Å²) in [5, 5.41) is 7.13. The van der Waals surface area contributed by atoms with E-state index in [2.05, 4.69) is 15.8 Å². The maximum atomic E-state index is 12.8. The third-order valence-corrected chi connectivity index (χ3v) is 3.51. The van der Waals surface area contributed by atoms with Crippen LogP contribution in [0.15, 0.2) is 41.5 Å². The summed E-state index contributed by atoms with van der Waals surface area (Å²) in [6.07, 6.45) is 1.42. The van der Waals surface area contributed by atoms with Crippen LogP contribution in [-0.4, -0.2) is 25.5 Å². The highest BCUT2D eigenvalue weighted by molar-refractivity contribution is 6.33. The summed E-state index contributed by atoms with van der Waals surface area (Å²) < 4.78 is 23.2. The van der Waals surface area contributed by atoms with Gasteiger partial charge in [-0.15, -0.1) is 0 Å². The lowest BCUT2D eigenvalue weighted by atomic mass is 10.2. The smallest absolute Gasteiger partial charge is 0.259 e. The maximum absolute atomic E-state index is 12.8. The number of halogens is 2. The highest BCUT2D eigenvalue weighted by atomic mass is 35.5. The minimum absolute atomic E-state index is 0.00214. The number of hydrazone groups is 1. The normalized spacial score (nSPS) is 12.4. The highest BCUT2D eigenvalue weighted by Crippen LogP contribution is 2.36. The van der Waals surface area contributed by atoms with E-state index in [4.69, 9.17) is 21.1 Å². The first-order chi connectivity index (χ1) is 11.6. The average molecular weight is 350 g/mol. The lowest BCUT2D eigenvalue weighted by Crippen LogP contribution is -2.25. The number of hydrogen-bond donors (Lipinski definition) is 2. The summed E-state index contributed by atoms with van der Waals surface area (Å²) in [5.74, 6) is 0.456. The number of ether oxygens (including phenoxy) is 2. The van der Waals surface area contributed by atoms with Gasteiger partial charge in [0.05, 0.1) is 17.8 Å². The van der Waals surface area contributed by atoms with E-state index in [1.165, 1.54) is 30.5 Å². The molecule has 3 rings (SSSR count). The average Bonchev–Trinajstić information content (AvgIpc) is 3.01. The third-order valence-electron chi connectivity index (χ3n) is 3.18. The number of hydrogen-bond acceptors (Lipinski definition) is 5. The van der Waals surface area contributed by atoms with Crippen molar-refractivity contribution in [1.82, 2.24) is 5.43 Å². The van der Waals surface area contributed by atoms with Crippen LogP contribution in [0.25, 0.3) is 0 Å². The first-order valence-electron chi connectivity index (χ1n) is 7.02.